The molecule has 9 heteroatoms. The molecular formula is C20H21FN2O6. The number of amides is 2. The zero-order valence-electron chi connectivity index (χ0n) is 16.3. The molecule has 1 aromatic rings. The number of ether oxygens (including phenoxy) is 2. The van der Waals surface area contributed by atoms with Crippen LogP contribution >= 0.6 is 0 Å². The van der Waals surface area contributed by atoms with Gasteiger partial charge in [0.25, 0.3) is 5.91 Å². The summed E-state index contributed by atoms with van der Waals surface area (Å²) in [5.74, 6) is -4.30. The van der Waals surface area contributed by atoms with Crippen molar-refractivity contribution in [1.82, 2.24) is 4.90 Å². The van der Waals surface area contributed by atoms with E-state index in [4.69, 9.17) is 4.74 Å². The lowest BCUT2D eigenvalue weighted by Gasteiger charge is -2.22. The Morgan fingerprint density at radius 2 is 1.59 bits per heavy atom. The first kappa shape index (κ1) is 21.8. The van der Waals surface area contributed by atoms with Gasteiger partial charge in [0.1, 0.15) is 5.82 Å². The molecule has 2 amide bonds. The first-order valence-corrected chi connectivity index (χ1v) is 9.04. The number of esters is 2. The van der Waals surface area contributed by atoms with Crippen molar-refractivity contribution in [2.75, 3.05) is 24.6 Å². The van der Waals surface area contributed by atoms with Gasteiger partial charge in [0, 0.05) is 25.2 Å². The molecule has 0 saturated carbocycles. The van der Waals surface area contributed by atoms with Gasteiger partial charge in [-0.3, -0.25) is 9.59 Å². The Bertz CT molecular complexity index is 871. The van der Waals surface area contributed by atoms with Crippen LogP contribution in [0.4, 0.5) is 10.1 Å². The van der Waals surface area contributed by atoms with E-state index in [0.29, 0.717) is 13.1 Å². The Morgan fingerprint density at radius 1 is 1.00 bits per heavy atom. The van der Waals surface area contributed by atoms with E-state index in [9.17, 15) is 23.6 Å². The van der Waals surface area contributed by atoms with Gasteiger partial charge in [0.2, 0.25) is 5.76 Å². The monoisotopic (exact) mass is 404 g/mol. The van der Waals surface area contributed by atoms with Crippen molar-refractivity contribution < 1.29 is 33.0 Å². The SMILES string of the molecule is CCOC(=O)/C=C/C(=O)OC1=C(N(CC)CC)C(=O)N(c2ccc(F)cc2)C1=O. The molecule has 2 rings (SSSR count). The third-order valence-corrected chi connectivity index (χ3v) is 4.03. The predicted molar refractivity (Wildman–Crippen MR) is 101 cm³/mol. The fraction of sp³-hybridized carbons (Fsp3) is 0.300. The maximum absolute atomic E-state index is 13.2. The number of benzene rings is 1. The third-order valence-electron chi connectivity index (χ3n) is 4.03. The third kappa shape index (κ3) is 4.87. The molecule has 0 spiro atoms. The Balaban J connectivity index is 2.36. The summed E-state index contributed by atoms with van der Waals surface area (Å²) in [5.41, 5.74) is 0.0568. The first-order chi connectivity index (χ1) is 13.8. The molecule has 1 aliphatic rings. The van der Waals surface area contributed by atoms with Crippen molar-refractivity contribution in [3.8, 4) is 0 Å². The Morgan fingerprint density at radius 3 is 2.14 bits per heavy atom. The van der Waals surface area contributed by atoms with Crippen molar-refractivity contribution >= 4 is 29.4 Å². The molecule has 0 saturated heterocycles. The van der Waals surface area contributed by atoms with Gasteiger partial charge in [-0.1, -0.05) is 0 Å². The fourth-order valence-corrected chi connectivity index (χ4v) is 2.69. The van der Waals surface area contributed by atoms with Crippen LogP contribution in [0.15, 0.2) is 47.9 Å². The van der Waals surface area contributed by atoms with E-state index in [1.54, 1.807) is 25.7 Å². The van der Waals surface area contributed by atoms with E-state index < -0.39 is 35.3 Å². The van der Waals surface area contributed by atoms with Gasteiger partial charge in [-0.15, -0.1) is 0 Å². The number of carbonyl (C=O) groups is 4. The van der Waals surface area contributed by atoms with Gasteiger partial charge in [-0.25, -0.2) is 18.9 Å². The van der Waals surface area contributed by atoms with Crippen molar-refractivity contribution in [1.29, 1.82) is 0 Å². The highest BCUT2D eigenvalue weighted by molar-refractivity contribution is 6.32. The molecule has 0 atom stereocenters. The highest BCUT2D eigenvalue weighted by Crippen LogP contribution is 2.30. The average Bonchev–Trinajstić information content (AvgIpc) is 2.93. The van der Waals surface area contributed by atoms with Gasteiger partial charge in [0.15, 0.2) is 5.70 Å². The standard InChI is InChI=1S/C20H21FN2O6/c1-4-22(5-2)17-18(29-16(25)12-11-15(24)28-6-3)20(27)23(19(17)26)14-9-7-13(21)8-10-14/h7-12H,4-6H2,1-3H3/b12-11+. The zero-order chi connectivity index (χ0) is 21.6. The minimum atomic E-state index is -1.01. The molecule has 1 aliphatic heterocycles. The van der Waals surface area contributed by atoms with E-state index >= 15 is 0 Å². The van der Waals surface area contributed by atoms with Crippen LogP contribution in [0.1, 0.15) is 20.8 Å². The Labute approximate surface area is 167 Å². The highest BCUT2D eigenvalue weighted by Gasteiger charge is 2.43. The molecule has 0 aromatic heterocycles. The minimum Gasteiger partial charge on any atom is -0.463 e. The summed E-state index contributed by atoms with van der Waals surface area (Å²) < 4.78 is 23.0. The number of nitrogens with zero attached hydrogens (tertiary/aromatic N) is 2. The quantitative estimate of drug-likeness (QED) is 0.371. The predicted octanol–water partition coefficient (Wildman–Crippen LogP) is 1.91. The second-order valence-corrected chi connectivity index (χ2v) is 5.78. The van der Waals surface area contributed by atoms with Crippen LogP contribution in [0, 0.1) is 5.82 Å². The van der Waals surface area contributed by atoms with E-state index in [-0.39, 0.29) is 18.0 Å². The average molecular weight is 404 g/mol. The van der Waals surface area contributed by atoms with Crippen LogP contribution in [-0.4, -0.2) is 48.3 Å². The second kappa shape index (κ2) is 9.63. The lowest BCUT2D eigenvalue weighted by molar-refractivity contribution is -0.139. The Kier molecular flexibility index (Phi) is 7.24. The summed E-state index contributed by atoms with van der Waals surface area (Å²) in [7, 11) is 0. The molecule has 0 bridgehead atoms. The number of carbonyl (C=O) groups excluding carboxylic acids is 4. The summed E-state index contributed by atoms with van der Waals surface area (Å²) in [6.07, 6.45) is 1.67. The lowest BCUT2D eigenvalue weighted by Crippen LogP contribution is -2.35. The van der Waals surface area contributed by atoms with Crippen LogP contribution in [0.2, 0.25) is 0 Å². The molecule has 1 aromatic carbocycles. The second-order valence-electron chi connectivity index (χ2n) is 5.78. The van der Waals surface area contributed by atoms with Gasteiger partial charge in [-0.2, -0.15) is 0 Å². The summed E-state index contributed by atoms with van der Waals surface area (Å²) in [6, 6.07) is 4.77. The number of likely N-dealkylation sites (N-methyl/N-ethyl adjacent to an activating group) is 1. The summed E-state index contributed by atoms with van der Waals surface area (Å²) >= 11 is 0. The van der Waals surface area contributed by atoms with Gasteiger partial charge in [-0.05, 0) is 45.0 Å². The van der Waals surface area contributed by atoms with E-state index in [2.05, 4.69) is 4.74 Å². The van der Waals surface area contributed by atoms with Gasteiger partial charge in [0.05, 0.1) is 12.3 Å². The topological polar surface area (TPSA) is 93.2 Å². The maximum atomic E-state index is 13.2. The van der Waals surface area contributed by atoms with Crippen LogP contribution in [0.3, 0.4) is 0 Å². The van der Waals surface area contributed by atoms with Gasteiger partial charge >= 0.3 is 17.8 Å². The smallest absolute Gasteiger partial charge is 0.336 e. The van der Waals surface area contributed by atoms with Crippen LogP contribution in [0.5, 0.6) is 0 Å². The van der Waals surface area contributed by atoms with Crippen molar-refractivity contribution in [3.63, 3.8) is 0 Å². The highest BCUT2D eigenvalue weighted by atomic mass is 19.1. The summed E-state index contributed by atoms with van der Waals surface area (Å²) in [6.45, 7) is 6.04. The number of rotatable bonds is 8. The van der Waals surface area contributed by atoms with E-state index in [1.807, 2.05) is 0 Å². The lowest BCUT2D eigenvalue weighted by atomic mass is 10.3. The number of anilines is 1. The molecule has 1 heterocycles. The van der Waals surface area contributed by atoms with E-state index in [0.717, 1.165) is 29.2 Å². The number of halogens is 1. The first-order valence-electron chi connectivity index (χ1n) is 9.04. The zero-order valence-corrected chi connectivity index (χ0v) is 16.3. The molecule has 8 nitrogen and oxygen atoms in total. The van der Waals surface area contributed by atoms with Crippen LogP contribution < -0.4 is 4.90 Å². The van der Waals surface area contributed by atoms with Crippen LogP contribution in [-0.2, 0) is 28.7 Å². The fourth-order valence-electron chi connectivity index (χ4n) is 2.69. The molecule has 0 fully saturated rings. The maximum Gasteiger partial charge on any atom is 0.336 e. The molecule has 0 unspecified atom stereocenters. The number of hydrogen-bond acceptors (Lipinski definition) is 7. The molecule has 0 N–H and O–H groups in total. The minimum absolute atomic E-state index is 0.0813. The van der Waals surface area contributed by atoms with Crippen LogP contribution in [0.25, 0.3) is 0 Å². The van der Waals surface area contributed by atoms with E-state index in [1.165, 1.54) is 12.1 Å². The molecule has 154 valence electrons. The van der Waals surface area contributed by atoms with Crippen molar-refractivity contribution in [3.05, 3.63) is 53.7 Å². The largest absolute Gasteiger partial charge is 0.463 e. The molecule has 0 radical (unpaired) electrons. The number of hydrogen-bond donors (Lipinski definition) is 0. The molecule has 29 heavy (non-hydrogen) atoms. The van der Waals surface area contributed by atoms with Crippen molar-refractivity contribution in [2.45, 2.75) is 20.8 Å². The summed E-state index contributed by atoms with van der Waals surface area (Å²) in [4.78, 5) is 51.6. The normalized spacial score (nSPS) is 14.0. The number of imide groups is 1. The van der Waals surface area contributed by atoms with Gasteiger partial charge < -0.3 is 14.4 Å². The van der Waals surface area contributed by atoms with Crippen molar-refractivity contribution in [2.24, 2.45) is 0 Å². The molecule has 0 aliphatic carbocycles. The molecular weight excluding hydrogens is 383 g/mol. The summed E-state index contributed by atoms with van der Waals surface area (Å²) in [5, 5.41) is 0. The Hall–Kier alpha value is -3.49.